The van der Waals surface area contributed by atoms with E-state index in [0.717, 1.165) is 31.2 Å². The van der Waals surface area contributed by atoms with Gasteiger partial charge in [0, 0.05) is 18.8 Å². The molecule has 3 rings (SSSR count). The summed E-state index contributed by atoms with van der Waals surface area (Å²) in [6, 6.07) is 9.25. The maximum atomic E-state index is 12.9. The first-order chi connectivity index (χ1) is 11.5. The van der Waals surface area contributed by atoms with Gasteiger partial charge in [0.2, 0.25) is 11.8 Å². The molecule has 0 radical (unpaired) electrons. The van der Waals surface area contributed by atoms with Crippen molar-refractivity contribution in [2.45, 2.75) is 37.8 Å². The number of aromatic nitrogens is 1. The minimum absolute atomic E-state index is 0.105. The van der Waals surface area contributed by atoms with Crippen molar-refractivity contribution >= 4 is 5.91 Å². The molecule has 2 aromatic rings. The fraction of sp³-hybridized carbons (Fsp3) is 0.333. The van der Waals surface area contributed by atoms with Crippen LogP contribution in [0.1, 0.15) is 31.2 Å². The molecular weight excluding hydrogens is 309 g/mol. The molecule has 1 aliphatic rings. The molecule has 24 heavy (non-hydrogen) atoms. The molecule has 5 nitrogen and oxygen atoms in total. The molecule has 1 amide bonds. The molecule has 0 atom stereocenters. The maximum Gasteiger partial charge on any atom is 0.240 e. The van der Waals surface area contributed by atoms with Gasteiger partial charge in [-0.3, -0.25) is 4.79 Å². The van der Waals surface area contributed by atoms with E-state index in [2.05, 4.69) is 10.3 Å². The molecule has 0 bridgehead atoms. The van der Waals surface area contributed by atoms with E-state index in [4.69, 9.17) is 10.5 Å². The highest BCUT2D eigenvalue weighted by Gasteiger charge is 2.36. The predicted octanol–water partition coefficient (Wildman–Crippen LogP) is 2.90. The van der Waals surface area contributed by atoms with Gasteiger partial charge in [0.25, 0.3) is 0 Å². The van der Waals surface area contributed by atoms with Crippen LogP contribution in [0.5, 0.6) is 11.6 Å². The van der Waals surface area contributed by atoms with Gasteiger partial charge in [-0.15, -0.1) is 0 Å². The summed E-state index contributed by atoms with van der Waals surface area (Å²) in [6.45, 7) is 0.377. The Bertz CT molecular complexity index is 695. The van der Waals surface area contributed by atoms with Crippen LogP contribution in [-0.2, 0) is 11.3 Å². The number of carbonyl (C=O) groups is 1. The molecular formula is C18H20FN3O2. The Balaban J connectivity index is 1.54. The number of hydrogen-bond donors (Lipinski definition) is 2. The second-order valence-corrected chi connectivity index (χ2v) is 6.11. The van der Waals surface area contributed by atoms with Crippen molar-refractivity contribution in [3.8, 4) is 11.6 Å². The number of hydrogen-bond acceptors (Lipinski definition) is 4. The monoisotopic (exact) mass is 329 g/mol. The molecule has 3 N–H and O–H groups in total. The van der Waals surface area contributed by atoms with Crippen molar-refractivity contribution in [2.24, 2.45) is 5.73 Å². The van der Waals surface area contributed by atoms with Crippen molar-refractivity contribution in [3.05, 3.63) is 54.0 Å². The van der Waals surface area contributed by atoms with Crippen LogP contribution < -0.4 is 15.8 Å². The molecule has 1 heterocycles. The highest BCUT2D eigenvalue weighted by atomic mass is 19.1. The van der Waals surface area contributed by atoms with Gasteiger partial charge >= 0.3 is 0 Å². The van der Waals surface area contributed by atoms with E-state index < -0.39 is 5.54 Å². The number of nitrogens with two attached hydrogens (primary N) is 1. The van der Waals surface area contributed by atoms with Crippen molar-refractivity contribution < 1.29 is 13.9 Å². The summed E-state index contributed by atoms with van der Waals surface area (Å²) >= 11 is 0. The first kappa shape index (κ1) is 16.4. The molecule has 1 aromatic heterocycles. The Morgan fingerprint density at radius 2 is 1.92 bits per heavy atom. The quantitative estimate of drug-likeness (QED) is 0.884. The van der Waals surface area contributed by atoms with Crippen LogP contribution in [0.2, 0.25) is 0 Å². The summed E-state index contributed by atoms with van der Waals surface area (Å²) in [4.78, 5) is 16.4. The summed E-state index contributed by atoms with van der Waals surface area (Å²) in [7, 11) is 0. The normalized spacial score (nSPS) is 15.9. The van der Waals surface area contributed by atoms with Gasteiger partial charge in [0.15, 0.2) is 0 Å². The van der Waals surface area contributed by atoms with Crippen LogP contribution in [-0.4, -0.2) is 16.4 Å². The Kier molecular flexibility index (Phi) is 4.76. The van der Waals surface area contributed by atoms with Crippen LogP contribution in [0, 0.1) is 5.82 Å². The molecule has 1 fully saturated rings. The summed E-state index contributed by atoms with van der Waals surface area (Å²) in [5, 5.41) is 2.87. The SMILES string of the molecule is NC1(C(=O)NCc2ccc(Oc3ccc(F)cc3)nc2)CCCC1. The van der Waals surface area contributed by atoms with Gasteiger partial charge in [0.05, 0.1) is 5.54 Å². The van der Waals surface area contributed by atoms with Crippen molar-refractivity contribution in [1.29, 1.82) is 0 Å². The minimum atomic E-state index is -0.723. The maximum absolute atomic E-state index is 12.9. The third kappa shape index (κ3) is 3.89. The lowest BCUT2D eigenvalue weighted by molar-refractivity contribution is -0.126. The van der Waals surface area contributed by atoms with Crippen LogP contribution in [0.3, 0.4) is 0 Å². The van der Waals surface area contributed by atoms with Crippen molar-refractivity contribution in [1.82, 2.24) is 10.3 Å². The lowest BCUT2D eigenvalue weighted by atomic mass is 9.98. The largest absolute Gasteiger partial charge is 0.439 e. The number of benzene rings is 1. The van der Waals surface area contributed by atoms with Crippen LogP contribution in [0.25, 0.3) is 0 Å². The van der Waals surface area contributed by atoms with Crippen LogP contribution in [0.4, 0.5) is 4.39 Å². The van der Waals surface area contributed by atoms with Gasteiger partial charge in [-0.1, -0.05) is 18.9 Å². The summed E-state index contributed by atoms with van der Waals surface area (Å²) < 4.78 is 18.4. The lowest BCUT2D eigenvalue weighted by Crippen LogP contribution is -2.51. The zero-order valence-electron chi connectivity index (χ0n) is 13.3. The average molecular weight is 329 g/mol. The summed E-state index contributed by atoms with van der Waals surface area (Å²) in [6.07, 6.45) is 5.11. The topological polar surface area (TPSA) is 77.2 Å². The molecule has 1 aliphatic carbocycles. The molecule has 0 saturated heterocycles. The van der Waals surface area contributed by atoms with Crippen LogP contribution >= 0.6 is 0 Å². The van der Waals surface area contributed by atoms with Gasteiger partial charge < -0.3 is 15.8 Å². The zero-order valence-corrected chi connectivity index (χ0v) is 13.3. The number of nitrogens with zero attached hydrogens (tertiary/aromatic N) is 1. The van der Waals surface area contributed by atoms with Crippen molar-refractivity contribution in [3.63, 3.8) is 0 Å². The first-order valence-corrected chi connectivity index (χ1v) is 8.01. The fourth-order valence-electron chi connectivity index (χ4n) is 2.79. The number of carbonyl (C=O) groups excluding carboxylic acids is 1. The average Bonchev–Trinajstić information content (AvgIpc) is 3.04. The standard InChI is InChI=1S/C18H20FN3O2/c19-14-4-6-15(7-5-14)24-16-8-3-13(11-21-16)12-22-17(23)18(20)9-1-2-10-18/h3-8,11H,1-2,9-10,12,20H2,(H,22,23). The number of pyridine rings is 1. The van der Waals surface area contributed by atoms with E-state index in [0.29, 0.717) is 18.2 Å². The number of ether oxygens (including phenoxy) is 1. The number of nitrogens with one attached hydrogen (secondary N) is 1. The number of rotatable bonds is 5. The fourth-order valence-corrected chi connectivity index (χ4v) is 2.79. The first-order valence-electron chi connectivity index (χ1n) is 8.01. The minimum Gasteiger partial charge on any atom is -0.439 e. The van der Waals surface area contributed by atoms with E-state index in [-0.39, 0.29) is 11.7 Å². The van der Waals surface area contributed by atoms with E-state index in [1.165, 1.54) is 24.3 Å². The number of halogens is 1. The van der Waals surface area contributed by atoms with Gasteiger partial charge in [-0.05, 0) is 42.7 Å². The van der Waals surface area contributed by atoms with Gasteiger partial charge in [-0.2, -0.15) is 0 Å². The molecule has 126 valence electrons. The van der Waals surface area contributed by atoms with E-state index >= 15 is 0 Å². The van der Waals surface area contributed by atoms with Crippen molar-refractivity contribution in [2.75, 3.05) is 0 Å². The smallest absolute Gasteiger partial charge is 0.240 e. The second kappa shape index (κ2) is 6.97. The third-order valence-electron chi connectivity index (χ3n) is 4.23. The Morgan fingerprint density at radius 3 is 2.54 bits per heavy atom. The molecule has 1 aromatic carbocycles. The zero-order chi connectivity index (χ0) is 17.0. The molecule has 0 spiro atoms. The Morgan fingerprint density at radius 1 is 1.21 bits per heavy atom. The molecule has 0 unspecified atom stereocenters. The number of amides is 1. The lowest BCUT2D eigenvalue weighted by Gasteiger charge is -2.22. The second-order valence-electron chi connectivity index (χ2n) is 6.11. The highest BCUT2D eigenvalue weighted by Crippen LogP contribution is 2.27. The van der Waals surface area contributed by atoms with E-state index in [1.54, 1.807) is 12.3 Å². The predicted molar refractivity (Wildman–Crippen MR) is 87.9 cm³/mol. The Hall–Kier alpha value is -2.47. The Labute approximate surface area is 140 Å². The molecule has 0 aliphatic heterocycles. The third-order valence-corrected chi connectivity index (χ3v) is 4.23. The summed E-state index contributed by atoms with van der Waals surface area (Å²) in [5.41, 5.74) is 6.25. The summed E-state index contributed by atoms with van der Waals surface area (Å²) in [5.74, 6) is 0.493. The van der Waals surface area contributed by atoms with E-state index in [1.807, 2.05) is 6.07 Å². The molecule has 6 heteroatoms. The van der Waals surface area contributed by atoms with E-state index in [9.17, 15) is 9.18 Å². The van der Waals surface area contributed by atoms with Crippen LogP contribution in [0.15, 0.2) is 42.6 Å². The van der Waals surface area contributed by atoms with Gasteiger partial charge in [-0.25, -0.2) is 9.37 Å². The molecule has 1 saturated carbocycles. The van der Waals surface area contributed by atoms with Gasteiger partial charge in [0.1, 0.15) is 11.6 Å². The highest BCUT2D eigenvalue weighted by molar-refractivity contribution is 5.86.